The average molecular weight is 505 g/mol. The number of aryl methyl sites for hydroxylation is 4. The molecule has 0 aromatic carbocycles. The van der Waals surface area contributed by atoms with Crippen molar-refractivity contribution < 1.29 is 14.4 Å². The number of hydrogen-bond donors (Lipinski definition) is 1. The summed E-state index contributed by atoms with van der Waals surface area (Å²) >= 11 is 0. The predicted molar refractivity (Wildman–Crippen MR) is 137 cm³/mol. The van der Waals surface area contributed by atoms with Crippen LogP contribution in [0.4, 0.5) is 0 Å². The molecular formula is C26H32N8O3. The predicted octanol–water partition coefficient (Wildman–Crippen LogP) is 3.57. The van der Waals surface area contributed by atoms with E-state index in [9.17, 15) is 5.11 Å². The number of fused-ring (bicyclic) bond motifs is 3. The van der Waals surface area contributed by atoms with Gasteiger partial charge < -0.3 is 18.9 Å². The van der Waals surface area contributed by atoms with Crippen LogP contribution in [0.2, 0.25) is 0 Å². The highest BCUT2D eigenvalue weighted by Gasteiger charge is 2.37. The highest BCUT2D eigenvalue weighted by Crippen LogP contribution is 2.43. The molecule has 11 heteroatoms. The normalized spacial score (nSPS) is 16.3. The smallest absolute Gasteiger partial charge is 0.160 e. The van der Waals surface area contributed by atoms with Crippen LogP contribution in [0.15, 0.2) is 22.9 Å². The lowest BCUT2D eigenvalue weighted by Gasteiger charge is -2.31. The molecular weight excluding hydrogens is 472 g/mol. The Morgan fingerprint density at radius 3 is 2.46 bits per heavy atom. The SMILES string of the molecule is Cc1cc(C(C2CCOCC2)n2c3cc(-c4c(C)nnn4C)cnc3c3c2c(C(C)(C)O)nn3C)on1. The lowest BCUT2D eigenvalue weighted by molar-refractivity contribution is 0.0511. The van der Waals surface area contributed by atoms with Crippen LogP contribution in [0.25, 0.3) is 33.3 Å². The molecule has 1 aliphatic rings. The molecule has 0 amide bonds. The van der Waals surface area contributed by atoms with Gasteiger partial charge in [-0.15, -0.1) is 5.10 Å². The van der Waals surface area contributed by atoms with Crippen LogP contribution in [-0.4, -0.2) is 57.8 Å². The van der Waals surface area contributed by atoms with Gasteiger partial charge in [-0.05, 0) is 52.5 Å². The van der Waals surface area contributed by atoms with Crippen molar-refractivity contribution in [1.82, 2.24) is 39.5 Å². The third-order valence-electron chi connectivity index (χ3n) is 7.39. The molecule has 11 nitrogen and oxygen atoms in total. The molecule has 1 atom stereocenters. The van der Waals surface area contributed by atoms with Crippen molar-refractivity contribution in [2.45, 2.75) is 52.2 Å². The van der Waals surface area contributed by atoms with Crippen molar-refractivity contribution in [3.63, 3.8) is 0 Å². The number of pyridine rings is 1. The maximum atomic E-state index is 11.2. The van der Waals surface area contributed by atoms with Gasteiger partial charge in [0.25, 0.3) is 0 Å². The van der Waals surface area contributed by atoms with Crippen molar-refractivity contribution in [3.8, 4) is 11.3 Å². The van der Waals surface area contributed by atoms with E-state index in [2.05, 4.69) is 26.1 Å². The molecule has 0 radical (unpaired) electrons. The molecule has 0 spiro atoms. The van der Waals surface area contributed by atoms with E-state index in [1.54, 1.807) is 18.5 Å². The summed E-state index contributed by atoms with van der Waals surface area (Å²) in [6, 6.07) is 3.96. The van der Waals surface area contributed by atoms with E-state index in [0.29, 0.717) is 18.9 Å². The Morgan fingerprint density at radius 2 is 1.84 bits per heavy atom. The first-order valence-corrected chi connectivity index (χ1v) is 12.6. The van der Waals surface area contributed by atoms with Gasteiger partial charge in [0, 0.05) is 45.1 Å². The number of nitrogens with zero attached hydrogens (tertiary/aromatic N) is 8. The van der Waals surface area contributed by atoms with Gasteiger partial charge in [0.05, 0.1) is 34.2 Å². The summed E-state index contributed by atoms with van der Waals surface area (Å²) < 4.78 is 17.5. The Morgan fingerprint density at radius 1 is 1.08 bits per heavy atom. The molecule has 0 saturated carbocycles. The first-order valence-electron chi connectivity index (χ1n) is 12.6. The second-order valence-corrected chi connectivity index (χ2v) is 10.6. The summed E-state index contributed by atoms with van der Waals surface area (Å²) in [6.07, 6.45) is 3.61. The van der Waals surface area contributed by atoms with E-state index in [1.165, 1.54) is 0 Å². The zero-order valence-electron chi connectivity index (χ0n) is 22.1. The molecule has 6 heterocycles. The Balaban J connectivity index is 1.73. The summed E-state index contributed by atoms with van der Waals surface area (Å²) in [7, 11) is 3.78. The Bertz CT molecular complexity index is 1590. The van der Waals surface area contributed by atoms with E-state index in [1.807, 2.05) is 44.9 Å². The van der Waals surface area contributed by atoms with E-state index < -0.39 is 5.60 Å². The number of aliphatic hydroxyl groups is 1. The van der Waals surface area contributed by atoms with E-state index >= 15 is 0 Å². The van der Waals surface area contributed by atoms with E-state index in [0.717, 1.165) is 63.3 Å². The first kappa shape index (κ1) is 23.8. The minimum absolute atomic E-state index is 0.182. The molecule has 5 aromatic heterocycles. The zero-order chi connectivity index (χ0) is 26.1. The van der Waals surface area contributed by atoms with Crippen molar-refractivity contribution in [2.24, 2.45) is 20.0 Å². The lowest BCUT2D eigenvalue weighted by atomic mass is 9.89. The largest absolute Gasteiger partial charge is 0.384 e. The van der Waals surface area contributed by atoms with Crippen LogP contribution in [0, 0.1) is 19.8 Å². The van der Waals surface area contributed by atoms with Crippen LogP contribution < -0.4 is 0 Å². The van der Waals surface area contributed by atoms with Gasteiger partial charge in [-0.3, -0.25) is 9.67 Å². The van der Waals surface area contributed by atoms with Crippen LogP contribution in [-0.2, 0) is 24.4 Å². The van der Waals surface area contributed by atoms with Crippen molar-refractivity contribution in [1.29, 1.82) is 0 Å². The molecule has 194 valence electrons. The van der Waals surface area contributed by atoms with Crippen molar-refractivity contribution in [3.05, 3.63) is 41.2 Å². The van der Waals surface area contributed by atoms with Gasteiger partial charge in [0.2, 0.25) is 0 Å². The van der Waals surface area contributed by atoms with Crippen LogP contribution in [0.1, 0.15) is 55.6 Å². The standard InChI is InChI=1S/C26H32N8O3/c1-14-11-19(37-30-14)22(16-7-9-36-10-8-16)34-18-12-17(21-15(2)28-31-33(21)6)13-27-20(18)23-24(34)25(26(3,4)35)29-32(23)5/h11-13,16,22,35H,7-10H2,1-6H3. The summed E-state index contributed by atoms with van der Waals surface area (Å²) in [4.78, 5) is 4.95. The van der Waals surface area contributed by atoms with E-state index in [-0.39, 0.29) is 12.0 Å². The summed E-state index contributed by atoms with van der Waals surface area (Å²) in [5.74, 6) is 1.01. The fourth-order valence-electron chi connectivity index (χ4n) is 5.76. The van der Waals surface area contributed by atoms with E-state index in [4.69, 9.17) is 19.3 Å². The number of aromatic nitrogens is 8. The Labute approximate surface area is 214 Å². The first-order chi connectivity index (χ1) is 17.6. The molecule has 6 rings (SSSR count). The molecule has 0 bridgehead atoms. The van der Waals surface area contributed by atoms with Gasteiger partial charge in [-0.2, -0.15) is 5.10 Å². The van der Waals surface area contributed by atoms with Crippen LogP contribution in [0.5, 0.6) is 0 Å². The van der Waals surface area contributed by atoms with Gasteiger partial charge in [-0.1, -0.05) is 10.4 Å². The monoisotopic (exact) mass is 504 g/mol. The van der Waals surface area contributed by atoms with Crippen LogP contribution in [0.3, 0.4) is 0 Å². The topological polar surface area (TPSA) is 122 Å². The summed E-state index contributed by atoms with van der Waals surface area (Å²) in [5, 5.41) is 28.6. The lowest BCUT2D eigenvalue weighted by Crippen LogP contribution is -2.27. The number of rotatable bonds is 5. The minimum atomic E-state index is -1.17. The zero-order valence-corrected chi connectivity index (χ0v) is 22.1. The molecule has 1 unspecified atom stereocenters. The van der Waals surface area contributed by atoms with Gasteiger partial charge in [0.15, 0.2) is 5.76 Å². The fourth-order valence-corrected chi connectivity index (χ4v) is 5.76. The third kappa shape index (κ3) is 3.75. The molecule has 0 aliphatic carbocycles. The minimum Gasteiger partial charge on any atom is -0.384 e. The molecule has 1 N–H and O–H groups in total. The third-order valence-corrected chi connectivity index (χ3v) is 7.39. The number of hydrogen-bond acceptors (Lipinski definition) is 8. The highest BCUT2D eigenvalue weighted by atomic mass is 16.5. The Hall–Kier alpha value is -3.57. The number of ether oxygens (including phenoxy) is 1. The summed E-state index contributed by atoms with van der Waals surface area (Å²) in [6.45, 7) is 8.78. The van der Waals surface area contributed by atoms with Gasteiger partial charge in [-0.25, -0.2) is 4.68 Å². The molecule has 5 aromatic rings. The Kier molecular flexibility index (Phi) is 5.46. The molecule has 37 heavy (non-hydrogen) atoms. The maximum Gasteiger partial charge on any atom is 0.160 e. The second kappa shape index (κ2) is 8.49. The van der Waals surface area contributed by atoms with Gasteiger partial charge >= 0.3 is 0 Å². The van der Waals surface area contributed by atoms with Crippen LogP contribution >= 0.6 is 0 Å². The molecule has 1 saturated heterocycles. The van der Waals surface area contributed by atoms with Gasteiger partial charge in [0.1, 0.15) is 22.3 Å². The summed E-state index contributed by atoms with van der Waals surface area (Å²) in [5.41, 5.74) is 6.35. The second-order valence-electron chi connectivity index (χ2n) is 10.6. The molecule has 1 aliphatic heterocycles. The highest BCUT2D eigenvalue weighted by molar-refractivity contribution is 6.06. The van der Waals surface area contributed by atoms with Crippen molar-refractivity contribution >= 4 is 22.1 Å². The average Bonchev–Trinajstić information content (AvgIpc) is 3.60. The quantitative estimate of drug-likeness (QED) is 0.386. The van der Waals surface area contributed by atoms with Crippen molar-refractivity contribution in [2.75, 3.05) is 13.2 Å². The molecule has 1 fully saturated rings. The fraction of sp³-hybridized carbons (Fsp3) is 0.500. The maximum absolute atomic E-state index is 11.2.